The van der Waals surface area contributed by atoms with Gasteiger partial charge in [-0.1, -0.05) is 60.7 Å². The van der Waals surface area contributed by atoms with E-state index in [2.05, 4.69) is 5.32 Å². The molecule has 28 heavy (non-hydrogen) atoms. The average molecular weight is 374 g/mol. The minimum atomic E-state index is 0.139. The van der Waals surface area contributed by atoms with Crippen molar-refractivity contribution in [2.75, 3.05) is 18.4 Å². The van der Waals surface area contributed by atoms with Gasteiger partial charge in [0.15, 0.2) is 5.75 Å². The molecular weight excluding hydrogens is 348 g/mol. The lowest BCUT2D eigenvalue weighted by atomic mass is 10.2. The fraction of sp³-hybridized carbons (Fsp3) is 0.208. The van der Waals surface area contributed by atoms with Crippen LogP contribution in [0.15, 0.2) is 84.9 Å². The standard InChI is InChI=1S/C24H26N2O2/c1-2-26(19-20-11-5-3-6-12-20)24(27)17-18-25-22-15-9-10-16-23(22)28-21-13-7-4-8-14-21/h3-16,25H,2,17-19H2,1H3. The molecule has 0 aliphatic carbocycles. The largest absolute Gasteiger partial charge is 0.455 e. The fourth-order valence-corrected chi connectivity index (χ4v) is 2.96. The first kappa shape index (κ1) is 19.5. The van der Waals surface area contributed by atoms with Gasteiger partial charge in [-0.25, -0.2) is 0 Å². The second kappa shape index (κ2) is 10.2. The molecular formula is C24H26N2O2. The van der Waals surface area contributed by atoms with Crippen LogP contribution < -0.4 is 10.1 Å². The van der Waals surface area contributed by atoms with Gasteiger partial charge in [-0.05, 0) is 36.8 Å². The molecule has 0 fully saturated rings. The number of nitrogens with zero attached hydrogens (tertiary/aromatic N) is 1. The normalized spacial score (nSPS) is 10.3. The van der Waals surface area contributed by atoms with Crippen LogP contribution in [-0.2, 0) is 11.3 Å². The minimum Gasteiger partial charge on any atom is -0.455 e. The topological polar surface area (TPSA) is 41.6 Å². The van der Waals surface area contributed by atoms with Gasteiger partial charge in [0.1, 0.15) is 5.75 Å². The number of carbonyl (C=O) groups excluding carboxylic acids is 1. The molecule has 0 aliphatic rings. The maximum Gasteiger partial charge on any atom is 0.224 e. The van der Waals surface area contributed by atoms with E-state index in [9.17, 15) is 4.79 Å². The first-order valence-corrected chi connectivity index (χ1v) is 9.63. The molecule has 0 spiro atoms. The highest BCUT2D eigenvalue weighted by atomic mass is 16.5. The van der Waals surface area contributed by atoms with Crippen molar-refractivity contribution in [3.05, 3.63) is 90.5 Å². The van der Waals surface area contributed by atoms with E-state index in [1.165, 1.54) is 0 Å². The van der Waals surface area contributed by atoms with Gasteiger partial charge in [0.05, 0.1) is 5.69 Å². The van der Waals surface area contributed by atoms with Crippen LogP contribution in [0, 0.1) is 0 Å². The van der Waals surface area contributed by atoms with Crippen LogP contribution in [-0.4, -0.2) is 23.9 Å². The second-order valence-corrected chi connectivity index (χ2v) is 6.48. The number of amides is 1. The molecule has 144 valence electrons. The number of benzene rings is 3. The zero-order valence-electron chi connectivity index (χ0n) is 16.2. The molecule has 0 aliphatic heterocycles. The third kappa shape index (κ3) is 5.61. The van der Waals surface area contributed by atoms with E-state index in [0.29, 0.717) is 26.1 Å². The number of hydrogen-bond donors (Lipinski definition) is 1. The zero-order chi connectivity index (χ0) is 19.6. The van der Waals surface area contributed by atoms with Gasteiger partial charge in [0.2, 0.25) is 5.91 Å². The summed E-state index contributed by atoms with van der Waals surface area (Å²) in [7, 11) is 0. The molecule has 0 aromatic heterocycles. The molecule has 3 aromatic rings. The molecule has 4 heteroatoms. The lowest BCUT2D eigenvalue weighted by Gasteiger charge is -2.21. The number of hydrogen-bond acceptors (Lipinski definition) is 3. The molecule has 0 atom stereocenters. The molecule has 0 unspecified atom stereocenters. The predicted octanol–water partition coefficient (Wildman–Crippen LogP) is 5.33. The van der Waals surface area contributed by atoms with Crippen molar-refractivity contribution in [3.63, 3.8) is 0 Å². The van der Waals surface area contributed by atoms with Gasteiger partial charge in [0.25, 0.3) is 0 Å². The smallest absolute Gasteiger partial charge is 0.224 e. The van der Waals surface area contributed by atoms with Crippen LogP contribution in [0.3, 0.4) is 0 Å². The van der Waals surface area contributed by atoms with Crippen LogP contribution in [0.5, 0.6) is 11.5 Å². The van der Waals surface area contributed by atoms with Crippen molar-refractivity contribution in [1.29, 1.82) is 0 Å². The summed E-state index contributed by atoms with van der Waals surface area (Å²) >= 11 is 0. The first-order chi connectivity index (χ1) is 13.8. The highest BCUT2D eigenvalue weighted by molar-refractivity contribution is 5.76. The lowest BCUT2D eigenvalue weighted by molar-refractivity contribution is -0.131. The third-order valence-electron chi connectivity index (χ3n) is 4.46. The third-order valence-corrected chi connectivity index (χ3v) is 4.46. The molecule has 1 amide bonds. The van der Waals surface area contributed by atoms with Gasteiger partial charge >= 0.3 is 0 Å². The molecule has 0 bridgehead atoms. The van der Waals surface area contributed by atoms with Crippen LogP contribution in [0.1, 0.15) is 18.9 Å². The Labute approximate surface area is 166 Å². The number of carbonyl (C=O) groups is 1. The number of ether oxygens (including phenoxy) is 1. The van der Waals surface area contributed by atoms with E-state index >= 15 is 0 Å². The Balaban J connectivity index is 1.55. The Morgan fingerprint density at radius 2 is 1.54 bits per heavy atom. The highest BCUT2D eigenvalue weighted by Gasteiger charge is 2.12. The van der Waals surface area contributed by atoms with Crippen LogP contribution in [0.25, 0.3) is 0 Å². The maximum atomic E-state index is 12.6. The molecule has 3 rings (SSSR count). The van der Waals surface area contributed by atoms with E-state index in [0.717, 1.165) is 22.7 Å². The highest BCUT2D eigenvalue weighted by Crippen LogP contribution is 2.29. The van der Waals surface area contributed by atoms with Crippen LogP contribution in [0.4, 0.5) is 5.69 Å². The molecule has 1 N–H and O–H groups in total. The van der Waals surface area contributed by atoms with Crippen molar-refractivity contribution >= 4 is 11.6 Å². The van der Waals surface area contributed by atoms with E-state index in [-0.39, 0.29) is 5.91 Å². The zero-order valence-corrected chi connectivity index (χ0v) is 16.2. The van der Waals surface area contributed by atoms with E-state index in [1.54, 1.807) is 0 Å². The number of anilines is 1. The van der Waals surface area contributed by atoms with Crippen molar-refractivity contribution in [3.8, 4) is 11.5 Å². The Kier molecular flexibility index (Phi) is 7.08. The Hall–Kier alpha value is -3.27. The number of para-hydroxylation sites is 3. The first-order valence-electron chi connectivity index (χ1n) is 9.63. The van der Waals surface area contributed by atoms with Crippen molar-refractivity contribution in [2.45, 2.75) is 19.9 Å². The summed E-state index contributed by atoms with van der Waals surface area (Å²) in [6, 6.07) is 27.5. The summed E-state index contributed by atoms with van der Waals surface area (Å²) in [6.45, 7) is 3.90. The van der Waals surface area contributed by atoms with Crippen molar-refractivity contribution in [1.82, 2.24) is 4.90 Å². The number of rotatable bonds is 9. The quantitative estimate of drug-likeness (QED) is 0.550. The van der Waals surface area contributed by atoms with Gasteiger partial charge in [-0.15, -0.1) is 0 Å². The van der Waals surface area contributed by atoms with Gasteiger partial charge in [-0.2, -0.15) is 0 Å². The maximum absolute atomic E-state index is 12.6. The Bertz CT molecular complexity index is 866. The monoisotopic (exact) mass is 374 g/mol. The van der Waals surface area contributed by atoms with Gasteiger partial charge < -0.3 is 15.0 Å². The molecule has 3 aromatic carbocycles. The number of nitrogens with one attached hydrogen (secondary N) is 1. The van der Waals surface area contributed by atoms with E-state index in [1.807, 2.05) is 96.8 Å². The summed E-state index contributed by atoms with van der Waals surface area (Å²) in [5, 5.41) is 3.33. The van der Waals surface area contributed by atoms with Crippen molar-refractivity contribution < 1.29 is 9.53 Å². The summed E-state index contributed by atoms with van der Waals surface area (Å²) in [5.74, 6) is 1.67. The van der Waals surface area contributed by atoms with Gasteiger partial charge in [-0.3, -0.25) is 4.79 Å². The SMILES string of the molecule is CCN(Cc1ccccc1)C(=O)CCNc1ccccc1Oc1ccccc1. The molecule has 4 nitrogen and oxygen atoms in total. The van der Waals surface area contributed by atoms with E-state index < -0.39 is 0 Å². The summed E-state index contributed by atoms with van der Waals surface area (Å²) < 4.78 is 5.96. The molecule has 0 saturated carbocycles. The molecule has 0 saturated heterocycles. The van der Waals surface area contributed by atoms with E-state index in [4.69, 9.17) is 4.74 Å². The average Bonchev–Trinajstić information content (AvgIpc) is 2.74. The summed E-state index contributed by atoms with van der Waals surface area (Å²) in [5.41, 5.74) is 2.03. The Morgan fingerprint density at radius 1 is 0.893 bits per heavy atom. The molecule has 0 heterocycles. The lowest BCUT2D eigenvalue weighted by Crippen LogP contribution is -2.31. The Morgan fingerprint density at radius 3 is 2.25 bits per heavy atom. The predicted molar refractivity (Wildman–Crippen MR) is 114 cm³/mol. The van der Waals surface area contributed by atoms with Gasteiger partial charge in [0, 0.05) is 26.1 Å². The summed E-state index contributed by atoms with van der Waals surface area (Å²) in [4.78, 5) is 14.5. The van der Waals surface area contributed by atoms with Crippen LogP contribution >= 0.6 is 0 Å². The fourth-order valence-electron chi connectivity index (χ4n) is 2.96. The van der Waals surface area contributed by atoms with Crippen LogP contribution in [0.2, 0.25) is 0 Å². The molecule has 0 radical (unpaired) electrons. The summed E-state index contributed by atoms with van der Waals surface area (Å²) in [6.07, 6.45) is 0.431. The second-order valence-electron chi connectivity index (χ2n) is 6.48. The van der Waals surface area contributed by atoms with Crippen molar-refractivity contribution in [2.24, 2.45) is 0 Å². The minimum absolute atomic E-state index is 0.139.